The van der Waals surface area contributed by atoms with E-state index in [-0.39, 0.29) is 6.61 Å². The van der Waals surface area contributed by atoms with Crippen LogP contribution in [-0.4, -0.2) is 55.9 Å². The van der Waals surface area contributed by atoms with E-state index in [9.17, 15) is 0 Å². The zero-order valence-electron chi connectivity index (χ0n) is 12.8. The highest BCUT2D eigenvalue weighted by Crippen LogP contribution is 2.24. The molecule has 0 atom stereocenters. The van der Waals surface area contributed by atoms with Crippen molar-refractivity contribution in [3.63, 3.8) is 0 Å². The number of benzene rings is 1. The average molecular weight is 312 g/mol. The van der Waals surface area contributed by atoms with Crippen LogP contribution in [0.15, 0.2) is 18.2 Å². The minimum absolute atomic E-state index is 0.241. The van der Waals surface area contributed by atoms with Gasteiger partial charge in [-0.1, -0.05) is 24.6 Å². The molecule has 0 amide bonds. The van der Waals surface area contributed by atoms with Crippen LogP contribution in [0.3, 0.4) is 0 Å². The van der Waals surface area contributed by atoms with E-state index in [1.165, 1.54) is 5.69 Å². The molecule has 0 aromatic heterocycles. The molecule has 1 saturated heterocycles. The number of rotatable bonds is 7. The van der Waals surface area contributed by atoms with Gasteiger partial charge >= 0.3 is 0 Å². The van der Waals surface area contributed by atoms with Gasteiger partial charge in [0.05, 0.1) is 6.61 Å². The van der Waals surface area contributed by atoms with Crippen LogP contribution in [0, 0.1) is 0 Å². The molecule has 4 nitrogen and oxygen atoms in total. The van der Waals surface area contributed by atoms with Gasteiger partial charge in [0.2, 0.25) is 0 Å². The van der Waals surface area contributed by atoms with Crippen LogP contribution in [0.4, 0.5) is 5.69 Å². The van der Waals surface area contributed by atoms with Crippen LogP contribution < -0.4 is 10.2 Å². The second-order valence-electron chi connectivity index (χ2n) is 5.50. The Morgan fingerprint density at radius 3 is 2.62 bits per heavy atom. The molecule has 0 bridgehead atoms. The van der Waals surface area contributed by atoms with E-state index in [0.717, 1.165) is 62.8 Å². The highest BCUT2D eigenvalue weighted by Gasteiger charge is 2.17. The number of nitrogens with zero attached hydrogens (tertiary/aromatic N) is 2. The normalized spacial score (nSPS) is 16.4. The lowest BCUT2D eigenvalue weighted by atomic mass is 10.1. The summed E-state index contributed by atoms with van der Waals surface area (Å²) in [7, 11) is 0. The Hall–Kier alpha value is -0.810. The maximum absolute atomic E-state index is 8.98. The van der Waals surface area contributed by atoms with Crippen LogP contribution in [-0.2, 0) is 6.54 Å². The SMILES string of the molecule is CCCNCc1ccc(N2CCN(CCO)CC2)cc1Cl. The zero-order valence-corrected chi connectivity index (χ0v) is 13.6. The van der Waals surface area contributed by atoms with Crippen LogP contribution in [0.5, 0.6) is 0 Å². The lowest BCUT2D eigenvalue weighted by molar-refractivity contribution is 0.189. The highest BCUT2D eigenvalue weighted by atomic mass is 35.5. The molecule has 2 N–H and O–H groups in total. The van der Waals surface area contributed by atoms with Crippen LogP contribution >= 0.6 is 11.6 Å². The van der Waals surface area contributed by atoms with E-state index in [1.54, 1.807) is 0 Å². The third-order valence-electron chi connectivity index (χ3n) is 3.93. The van der Waals surface area contributed by atoms with Gasteiger partial charge in [-0.3, -0.25) is 4.90 Å². The van der Waals surface area contributed by atoms with E-state index in [4.69, 9.17) is 16.7 Å². The Morgan fingerprint density at radius 2 is 2.00 bits per heavy atom. The van der Waals surface area contributed by atoms with Crippen molar-refractivity contribution in [1.29, 1.82) is 0 Å². The van der Waals surface area contributed by atoms with Gasteiger partial charge in [0.1, 0.15) is 0 Å². The molecular formula is C16H26ClN3O. The summed E-state index contributed by atoms with van der Waals surface area (Å²) >= 11 is 6.40. The number of aliphatic hydroxyl groups is 1. The Bertz CT molecular complexity index is 434. The predicted octanol–water partition coefficient (Wildman–Crippen LogP) is 1.95. The summed E-state index contributed by atoms with van der Waals surface area (Å²) in [4.78, 5) is 4.66. The quantitative estimate of drug-likeness (QED) is 0.755. The number of halogens is 1. The van der Waals surface area contributed by atoms with E-state index in [0.29, 0.717) is 0 Å². The monoisotopic (exact) mass is 311 g/mol. The summed E-state index contributed by atoms with van der Waals surface area (Å²) in [5.74, 6) is 0. The first-order valence-corrected chi connectivity index (χ1v) is 8.19. The minimum atomic E-state index is 0.241. The first-order valence-electron chi connectivity index (χ1n) is 7.82. The molecule has 0 radical (unpaired) electrons. The second-order valence-corrected chi connectivity index (χ2v) is 5.91. The molecule has 0 saturated carbocycles. The number of hydrogen-bond donors (Lipinski definition) is 2. The first kappa shape index (κ1) is 16.6. The molecule has 1 fully saturated rings. The number of anilines is 1. The Morgan fingerprint density at radius 1 is 1.24 bits per heavy atom. The molecule has 0 unspecified atom stereocenters. The maximum atomic E-state index is 8.98. The van der Waals surface area contributed by atoms with Crippen LogP contribution in [0.1, 0.15) is 18.9 Å². The van der Waals surface area contributed by atoms with Crippen molar-refractivity contribution in [3.05, 3.63) is 28.8 Å². The van der Waals surface area contributed by atoms with Crippen molar-refractivity contribution >= 4 is 17.3 Å². The fraction of sp³-hybridized carbons (Fsp3) is 0.625. The maximum Gasteiger partial charge on any atom is 0.0558 e. The highest BCUT2D eigenvalue weighted by molar-refractivity contribution is 6.31. The van der Waals surface area contributed by atoms with E-state index >= 15 is 0 Å². The number of hydrogen-bond acceptors (Lipinski definition) is 4. The van der Waals surface area contributed by atoms with Crippen molar-refractivity contribution < 1.29 is 5.11 Å². The van der Waals surface area contributed by atoms with Crippen LogP contribution in [0.25, 0.3) is 0 Å². The minimum Gasteiger partial charge on any atom is -0.395 e. The molecule has 118 valence electrons. The molecule has 0 spiro atoms. The zero-order chi connectivity index (χ0) is 15.1. The Labute approximate surface area is 132 Å². The van der Waals surface area contributed by atoms with Crippen molar-refractivity contribution in [2.24, 2.45) is 0 Å². The van der Waals surface area contributed by atoms with Crippen molar-refractivity contribution in [2.75, 3.05) is 50.8 Å². The summed E-state index contributed by atoms with van der Waals surface area (Å²) in [6, 6.07) is 6.36. The molecule has 2 rings (SSSR count). The number of aliphatic hydroxyl groups excluding tert-OH is 1. The molecule has 1 aromatic carbocycles. The summed E-state index contributed by atoms with van der Waals surface area (Å²) < 4.78 is 0. The fourth-order valence-corrected chi connectivity index (χ4v) is 2.89. The summed E-state index contributed by atoms with van der Waals surface area (Å²) in [6.45, 7) is 9.00. The van der Waals surface area contributed by atoms with E-state index in [1.807, 2.05) is 0 Å². The lowest BCUT2D eigenvalue weighted by Crippen LogP contribution is -2.47. The topological polar surface area (TPSA) is 38.7 Å². The van der Waals surface area contributed by atoms with Crippen molar-refractivity contribution in [2.45, 2.75) is 19.9 Å². The second kappa shape index (κ2) is 8.59. The smallest absolute Gasteiger partial charge is 0.0558 e. The number of β-amino-alcohol motifs (C(OH)–C–C–N with tert-alkyl or cyclic N) is 1. The summed E-state index contributed by atoms with van der Waals surface area (Å²) in [5.41, 5.74) is 2.36. The third kappa shape index (κ3) is 4.85. The largest absolute Gasteiger partial charge is 0.395 e. The molecule has 1 heterocycles. The molecule has 0 aliphatic carbocycles. The molecular weight excluding hydrogens is 286 g/mol. The molecule has 1 aromatic rings. The van der Waals surface area contributed by atoms with Crippen molar-refractivity contribution in [3.8, 4) is 0 Å². The van der Waals surface area contributed by atoms with Gasteiger partial charge in [-0.2, -0.15) is 0 Å². The van der Waals surface area contributed by atoms with Gasteiger partial charge in [-0.05, 0) is 30.7 Å². The van der Waals surface area contributed by atoms with Gasteiger partial charge < -0.3 is 15.3 Å². The first-order chi connectivity index (χ1) is 10.2. The Balaban J connectivity index is 1.91. The van der Waals surface area contributed by atoms with Crippen molar-refractivity contribution in [1.82, 2.24) is 10.2 Å². The van der Waals surface area contributed by atoms with Gasteiger partial charge in [-0.15, -0.1) is 0 Å². The molecule has 5 heteroatoms. The van der Waals surface area contributed by atoms with Gasteiger partial charge in [0.15, 0.2) is 0 Å². The summed E-state index contributed by atoms with van der Waals surface area (Å²) in [6.07, 6.45) is 1.13. The third-order valence-corrected chi connectivity index (χ3v) is 4.28. The number of nitrogens with one attached hydrogen (secondary N) is 1. The molecule has 21 heavy (non-hydrogen) atoms. The van der Waals surface area contributed by atoms with Gasteiger partial charge in [0, 0.05) is 50.0 Å². The molecule has 1 aliphatic heterocycles. The standard InChI is InChI=1S/C16H26ClN3O/c1-2-5-18-13-14-3-4-15(12-16(14)17)20-8-6-19(7-9-20)10-11-21/h3-4,12,18,21H,2,5-11,13H2,1H3. The predicted molar refractivity (Wildman–Crippen MR) is 89.2 cm³/mol. The van der Waals surface area contributed by atoms with E-state index in [2.05, 4.69) is 40.2 Å². The van der Waals surface area contributed by atoms with Gasteiger partial charge in [0.25, 0.3) is 0 Å². The van der Waals surface area contributed by atoms with Gasteiger partial charge in [-0.25, -0.2) is 0 Å². The summed E-state index contributed by atoms with van der Waals surface area (Å²) in [5, 5.41) is 13.2. The average Bonchev–Trinajstić information content (AvgIpc) is 2.50. The lowest BCUT2D eigenvalue weighted by Gasteiger charge is -2.36. The number of piperazine rings is 1. The van der Waals surface area contributed by atoms with Crippen LogP contribution in [0.2, 0.25) is 5.02 Å². The molecule has 1 aliphatic rings. The Kier molecular flexibility index (Phi) is 6.77. The van der Waals surface area contributed by atoms with E-state index < -0.39 is 0 Å². The fourth-order valence-electron chi connectivity index (χ4n) is 2.65.